The summed E-state index contributed by atoms with van der Waals surface area (Å²) in [5.41, 5.74) is 7.40. The number of pyridine rings is 1. The molecule has 2 rings (SSSR count). The van der Waals surface area contributed by atoms with Gasteiger partial charge in [0.15, 0.2) is 0 Å². The minimum absolute atomic E-state index is 0.199. The maximum absolute atomic E-state index is 8.41. The first-order chi connectivity index (χ1) is 6.79. The minimum atomic E-state index is 0.199. The van der Waals surface area contributed by atoms with Gasteiger partial charge in [-0.3, -0.25) is 0 Å². The molecule has 0 saturated heterocycles. The van der Waals surface area contributed by atoms with Gasteiger partial charge in [0, 0.05) is 12.6 Å². The van der Waals surface area contributed by atoms with E-state index in [1.54, 1.807) is 12.5 Å². The van der Waals surface area contributed by atoms with Crippen molar-refractivity contribution in [3.05, 3.63) is 36.4 Å². The molecule has 5 heteroatoms. The van der Waals surface area contributed by atoms with Crippen LogP contribution in [0.5, 0.6) is 0 Å². The lowest BCUT2D eigenvalue weighted by atomic mass is 10.2. The van der Waals surface area contributed by atoms with Gasteiger partial charge in [0.25, 0.3) is 0 Å². The lowest BCUT2D eigenvalue weighted by Crippen LogP contribution is -2.14. The summed E-state index contributed by atoms with van der Waals surface area (Å²) >= 11 is 0. The summed E-state index contributed by atoms with van der Waals surface area (Å²) < 4.78 is 1.89. The maximum Gasteiger partial charge on any atom is 0.143 e. The molecule has 0 fully saturated rings. The Labute approximate surface area is 80.5 Å². The van der Waals surface area contributed by atoms with E-state index in [0.29, 0.717) is 6.42 Å². The highest BCUT2D eigenvalue weighted by Gasteiger charge is 1.99. The van der Waals surface area contributed by atoms with Gasteiger partial charge in [-0.2, -0.15) is 0 Å². The zero-order chi connectivity index (χ0) is 9.97. The Bertz CT molecular complexity index is 474. The van der Waals surface area contributed by atoms with E-state index in [9.17, 15) is 0 Å². The molecule has 0 amide bonds. The maximum atomic E-state index is 8.41. The molecular weight excluding hydrogens is 180 g/mol. The highest BCUT2D eigenvalue weighted by atomic mass is 16.4. The fraction of sp³-hybridized carbons (Fsp3) is 0.111. The van der Waals surface area contributed by atoms with Crippen LogP contribution in [0.1, 0.15) is 5.56 Å². The van der Waals surface area contributed by atoms with Crippen molar-refractivity contribution in [2.24, 2.45) is 10.9 Å². The third kappa shape index (κ3) is 1.52. The highest BCUT2D eigenvalue weighted by molar-refractivity contribution is 5.82. The van der Waals surface area contributed by atoms with Crippen molar-refractivity contribution in [1.29, 1.82) is 0 Å². The number of hydrogen-bond acceptors (Lipinski definition) is 3. The van der Waals surface area contributed by atoms with Crippen molar-refractivity contribution in [2.45, 2.75) is 6.42 Å². The van der Waals surface area contributed by atoms with Crippen LogP contribution in [0.4, 0.5) is 0 Å². The topological polar surface area (TPSA) is 75.9 Å². The zero-order valence-electron chi connectivity index (χ0n) is 7.46. The van der Waals surface area contributed by atoms with E-state index in [2.05, 4.69) is 10.1 Å². The van der Waals surface area contributed by atoms with E-state index in [4.69, 9.17) is 10.9 Å². The molecule has 0 aliphatic heterocycles. The molecule has 0 spiro atoms. The van der Waals surface area contributed by atoms with Gasteiger partial charge < -0.3 is 15.3 Å². The van der Waals surface area contributed by atoms with Crippen LogP contribution in [0.2, 0.25) is 0 Å². The Hall–Kier alpha value is -2.04. The quantitative estimate of drug-likeness (QED) is 0.315. The summed E-state index contributed by atoms with van der Waals surface area (Å²) in [7, 11) is 0. The highest BCUT2D eigenvalue weighted by Crippen LogP contribution is 2.06. The Morgan fingerprint density at radius 1 is 1.57 bits per heavy atom. The number of imidazole rings is 1. The first-order valence-corrected chi connectivity index (χ1v) is 4.16. The third-order valence-corrected chi connectivity index (χ3v) is 1.98. The van der Waals surface area contributed by atoms with Crippen molar-refractivity contribution in [3.8, 4) is 0 Å². The van der Waals surface area contributed by atoms with E-state index >= 15 is 0 Å². The third-order valence-electron chi connectivity index (χ3n) is 1.98. The molecular formula is C9H10N4O. The molecule has 0 bridgehead atoms. The first kappa shape index (κ1) is 8.55. The average Bonchev–Trinajstić information content (AvgIpc) is 2.64. The second-order valence-corrected chi connectivity index (χ2v) is 3.03. The predicted octanol–water partition coefficient (Wildman–Crippen LogP) is 0.623. The number of rotatable bonds is 2. The Kier molecular flexibility index (Phi) is 2.06. The lowest BCUT2D eigenvalue weighted by molar-refractivity contribution is 0.317. The summed E-state index contributed by atoms with van der Waals surface area (Å²) in [5.74, 6) is 0.199. The Morgan fingerprint density at radius 2 is 2.43 bits per heavy atom. The van der Waals surface area contributed by atoms with Crippen LogP contribution >= 0.6 is 0 Å². The van der Waals surface area contributed by atoms with Crippen LogP contribution in [0.15, 0.2) is 36.0 Å². The summed E-state index contributed by atoms with van der Waals surface area (Å²) in [4.78, 5) is 3.99. The molecule has 5 nitrogen and oxygen atoms in total. The fourth-order valence-electron chi connectivity index (χ4n) is 1.31. The Balaban J connectivity index is 2.34. The van der Waals surface area contributed by atoms with Gasteiger partial charge in [0.2, 0.25) is 0 Å². The molecule has 2 aromatic rings. The monoisotopic (exact) mass is 190 g/mol. The molecule has 0 radical (unpaired) electrons. The fourth-order valence-corrected chi connectivity index (χ4v) is 1.31. The summed E-state index contributed by atoms with van der Waals surface area (Å²) in [5, 5.41) is 11.3. The van der Waals surface area contributed by atoms with Crippen molar-refractivity contribution >= 4 is 11.4 Å². The smallest absolute Gasteiger partial charge is 0.143 e. The van der Waals surface area contributed by atoms with E-state index in [0.717, 1.165) is 11.1 Å². The SMILES string of the molecule is N/C(Cc1ccc2cncn2c1)=N\O. The molecule has 0 saturated carbocycles. The van der Waals surface area contributed by atoms with E-state index in [1.807, 2.05) is 22.7 Å². The molecule has 0 atom stereocenters. The molecule has 2 aromatic heterocycles. The first-order valence-electron chi connectivity index (χ1n) is 4.16. The van der Waals surface area contributed by atoms with Crippen LogP contribution in [-0.2, 0) is 6.42 Å². The predicted molar refractivity (Wildman–Crippen MR) is 52.3 cm³/mol. The molecule has 0 unspecified atom stereocenters. The van der Waals surface area contributed by atoms with Crippen LogP contribution in [0.25, 0.3) is 5.52 Å². The molecule has 0 aromatic carbocycles. The minimum Gasteiger partial charge on any atom is -0.409 e. The number of oxime groups is 1. The summed E-state index contributed by atoms with van der Waals surface area (Å²) in [6.45, 7) is 0. The van der Waals surface area contributed by atoms with Crippen molar-refractivity contribution in [3.63, 3.8) is 0 Å². The normalized spacial score (nSPS) is 12.1. The zero-order valence-corrected chi connectivity index (χ0v) is 7.46. The number of amidine groups is 1. The number of nitrogens with zero attached hydrogens (tertiary/aromatic N) is 3. The van der Waals surface area contributed by atoms with Gasteiger partial charge in [-0.05, 0) is 11.6 Å². The second-order valence-electron chi connectivity index (χ2n) is 3.03. The molecule has 0 aliphatic rings. The Morgan fingerprint density at radius 3 is 3.21 bits per heavy atom. The van der Waals surface area contributed by atoms with Gasteiger partial charge in [-0.25, -0.2) is 4.98 Å². The van der Waals surface area contributed by atoms with Crippen molar-refractivity contribution in [2.75, 3.05) is 0 Å². The van der Waals surface area contributed by atoms with Crippen LogP contribution in [-0.4, -0.2) is 20.4 Å². The summed E-state index contributed by atoms with van der Waals surface area (Å²) in [6, 6.07) is 3.86. The van der Waals surface area contributed by atoms with Crippen LogP contribution in [0.3, 0.4) is 0 Å². The van der Waals surface area contributed by atoms with Crippen LogP contribution < -0.4 is 5.73 Å². The number of nitrogens with two attached hydrogens (primary N) is 1. The van der Waals surface area contributed by atoms with E-state index in [1.165, 1.54) is 0 Å². The van der Waals surface area contributed by atoms with Gasteiger partial charge in [0.1, 0.15) is 5.84 Å². The largest absolute Gasteiger partial charge is 0.409 e. The lowest BCUT2D eigenvalue weighted by Gasteiger charge is -2.00. The molecule has 0 aliphatic carbocycles. The molecule has 2 heterocycles. The van der Waals surface area contributed by atoms with Crippen molar-refractivity contribution < 1.29 is 5.21 Å². The molecule has 14 heavy (non-hydrogen) atoms. The molecule has 72 valence electrons. The summed E-state index contributed by atoms with van der Waals surface area (Å²) in [6.07, 6.45) is 5.82. The van der Waals surface area contributed by atoms with Gasteiger partial charge in [0.05, 0.1) is 18.0 Å². The molecule has 3 N–H and O–H groups in total. The number of aromatic nitrogens is 2. The van der Waals surface area contributed by atoms with E-state index in [-0.39, 0.29) is 5.84 Å². The number of fused-ring (bicyclic) bond motifs is 1. The van der Waals surface area contributed by atoms with Gasteiger partial charge in [-0.15, -0.1) is 0 Å². The second kappa shape index (κ2) is 3.37. The van der Waals surface area contributed by atoms with Gasteiger partial charge >= 0.3 is 0 Å². The van der Waals surface area contributed by atoms with Gasteiger partial charge in [-0.1, -0.05) is 11.2 Å². The van der Waals surface area contributed by atoms with E-state index < -0.39 is 0 Å². The van der Waals surface area contributed by atoms with Crippen LogP contribution in [0, 0.1) is 0 Å². The van der Waals surface area contributed by atoms with Crippen molar-refractivity contribution in [1.82, 2.24) is 9.38 Å². The number of hydrogen-bond donors (Lipinski definition) is 2. The standard InChI is InChI=1S/C9H10N4O/c10-9(12-14)3-7-1-2-8-4-11-6-13(8)5-7/h1-2,4-6,14H,3H2,(H2,10,12). The average molecular weight is 190 g/mol.